The number of nitrogens with zero attached hydrogens (tertiary/aromatic N) is 1. The summed E-state index contributed by atoms with van der Waals surface area (Å²) < 4.78 is 5.68. The van der Waals surface area contributed by atoms with Crippen molar-refractivity contribution in [1.29, 1.82) is 0 Å². The molecular weight excluding hydrogens is 412 g/mol. The molecule has 8 heteroatoms. The van der Waals surface area contributed by atoms with Crippen molar-refractivity contribution in [2.24, 2.45) is 0 Å². The van der Waals surface area contributed by atoms with Crippen LogP contribution in [-0.4, -0.2) is 23.8 Å². The Hall–Kier alpha value is -4.46. The molecule has 3 aromatic rings. The molecule has 2 heterocycles. The number of carboxylic acids is 1. The number of imide groups is 2. The van der Waals surface area contributed by atoms with Crippen LogP contribution in [0.25, 0.3) is 17.4 Å². The molecule has 0 saturated carbocycles. The number of carboxylic acid groups (broad SMARTS) is 1. The van der Waals surface area contributed by atoms with E-state index in [1.807, 2.05) is 19.9 Å². The lowest BCUT2D eigenvalue weighted by molar-refractivity contribution is -0.255. The monoisotopic (exact) mass is 429 g/mol. The molecule has 1 N–H and O–H groups in total. The summed E-state index contributed by atoms with van der Waals surface area (Å²) in [7, 11) is 0. The standard InChI is InChI=1S/C24H18N2O6/c1-13-8-14(2)10-17(9-13)26-22(28)19(21(27)25-24(26)31)12-18-6-7-20(32-18)15-4-3-5-16(11-15)23(29)30/h3-12H,1-2H3,(H,29,30)(H,25,27,31)/p-1. The van der Waals surface area contributed by atoms with Gasteiger partial charge in [0, 0.05) is 5.56 Å². The van der Waals surface area contributed by atoms with Crippen LogP contribution in [0.5, 0.6) is 0 Å². The van der Waals surface area contributed by atoms with E-state index in [9.17, 15) is 24.3 Å². The van der Waals surface area contributed by atoms with E-state index in [0.717, 1.165) is 16.0 Å². The van der Waals surface area contributed by atoms with Gasteiger partial charge in [0.15, 0.2) is 0 Å². The number of aromatic carboxylic acids is 1. The van der Waals surface area contributed by atoms with Gasteiger partial charge in [-0.15, -0.1) is 0 Å². The maximum Gasteiger partial charge on any atom is 0.335 e. The van der Waals surface area contributed by atoms with Gasteiger partial charge in [-0.2, -0.15) is 0 Å². The number of furan rings is 1. The fraction of sp³-hybridized carbons (Fsp3) is 0.0833. The Bertz CT molecular complexity index is 1300. The minimum Gasteiger partial charge on any atom is -0.545 e. The van der Waals surface area contributed by atoms with Gasteiger partial charge in [-0.05, 0) is 66.9 Å². The minimum absolute atomic E-state index is 0.0109. The molecule has 4 amide bonds. The molecule has 0 aliphatic carbocycles. The van der Waals surface area contributed by atoms with Gasteiger partial charge in [0.1, 0.15) is 17.1 Å². The molecule has 0 radical (unpaired) electrons. The van der Waals surface area contributed by atoms with E-state index in [2.05, 4.69) is 5.32 Å². The first-order valence-electron chi connectivity index (χ1n) is 9.64. The predicted molar refractivity (Wildman–Crippen MR) is 113 cm³/mol. The lowest BCUT2D eigenvalue weighted by Gasteiger charge is -2.26. The third-order valence-corrected chi connectivity index (χ3v) is 4.86. The van der Waals surface area contributed by atoms with Crippen molar-refractivity contribution in [1.82, 2.24) is 5.32 Å². The summed E-state index contributed by atoms with van der Waals surface area (Å²) in [5.74, 6) is -2.41. The van der Waals surface area contributed by atoms with E-state index in [1.54, 1.807) is 30.3 Å². The van der Waals surface area contributed by atoms with Crippen LogP contribution in [0.4, 0.5) is 10.5 Å². The molecule has 1 aliphatic heterocycles. The summed E-state index contributed by atoms with van der Waals surface area (Å²) in [5.41, 5.74) is 2.27. The lowest BCUT2D eigenvalue weighted by Crippen LogP contribution is -2.54. The Balaban J connectivity index is 1.68. The van der Waals surface area contributed by atoms with Crippen LogP contribution >= 0.6 is 0 Å². The molecule has 0 bridgehead atoms. The number of hydrogen-bond acceptors (Lipinski definition) is 6. The summed E-state index contributed by atoms with van der Waals surface area (Å²) in [6, 6.07) is 13.5. The Morgan fingerprint density at radius 2 is 1.72 bits per heavy atom. The van der Waals surface area contributed by atoms with Crippen LogP contribution in [0.3, 0.4) is 0 Å². The number of benzene rings is 2. The van der Waals surface area contributed by atoms with Crippen molar-refractivity contribution < 1.29 is 28.7 Å². The van der Waals surface area contributed by atoms with Crippen LogP contribution in [-0.2, 0) is 9.59 Å². The predicted octanol–water partition coefficient (Wildman–Crippen LogP) is 2.59. The summed E-state index contributed by atoms with van der Waals surface area (Å²) in [4.78, 5) is 49.8. The molecule has 1 aromatic heterocycles. The van der Waals surface area contributed by atoms with E-state index in [-0.39, 0.29) is 16.9 Å². The number of rotatable bonds is 4. The second-order valence-electron chi connectivity index (χ2n) is 7.37. The molecule has 0 spiro atoms. The van der Waals surface area contributed by atoms with Crippen LogP contribution in [0.15, 0.2) is 64.6 Å². The summed E-state index contributed by atoms with van der Waals surface area (Å²) in [6.45, 7) is 3.68. The number of amides is 4. The Labute approximate surface area is 182 Å². The van der Waals surface area contributed by atoms with Crippen molar-refractivity contribution >= 4 is 35.6 Å². The summed E-state index contributed by atoms with van der Waals surface area (Å²) in [6.07, 6.45) is 1.24. The zero-order chi connectivity index (χ0) is 23.0. The number of carbonyl (C=O) groups is 4. The van der Waals surface area contributed by atoms with Crippen molar-refractivity contribution in [3.05, 3.63) is 82.6 Å². The molecular formula is C24H17N2O6-. The first kappa shape index (κ1) is 20.8. The van der Waals surface area contributed by atoms with Gasteiger partial charge >= 0.3 is 6.03 Å². The highest BCUT2D eigenvalue weighted by atomic mass is 16.4. The van der Waals surface area contributed by atoms with Crippen molar-refractivity contribution in [3.63, 3.8) is 0 Å². The SMILES string of the molecule is Cc1cc(C)cc(N2C(=O)NC(=O)C(=Cc3ccc(-c4cccc(C(=O)[O-])c4)o3)C2=O)c1. The first-order valence-corrected chi connectivity index (χ1v) is 9.64. The molecule has 1 aliphatic rings. The normalized spacial score (nSPS) is 15.2. The second kappa shape index (κ2) is 7.99. The van der Waals surface area contributed by atoms with E-state index < -0.39 is 23.8 Å². The highest BCUT2D eigenvalue weighted by Gasteiger charge is 2.37. The molecule has 160 valence electrons. The number of urea groups is 1. The summed E-state index contributed by atoms with van der Waals surface area (Å²) >= 11 is 0. The number of carbonyl (C=O) groups excluding carboxylic acids is 4. The van der Waals surface area contributed by atoms with Crippen molar-refractivity contribution in [3.8, 4) is 11.3 Å². The lowest BCUT2D eigenvalue weighted by atomic mass is 10.1. The third-order valence-electron chi connectivity index (χ3n) is 4.86. The minimum atomic E-state index is -1.32. The van der Waals surface area contributed by atoms with Crippen LogP contribution in [0, 0.1) is 13.8 Å². The van der Waals surface area contributed by atoms with E-state index >= 15 is 0 Å². The van der Waals surface area contributed by atoms with Gasteiger partial charge in [0.25, 0.3) is 11.8 Å². The quantitative estimate of drug-likeness (QED) is 0.503. The molecule has 0 unspecified atom stereocenters. The maximum absolute atomic E-state index is 13.0. The fourth-order valence-electron chi connectivity index (χ4n) is 3.50. The van der Waals surface area contributed by atoms with Gasteiger partial charge in [-0.25, -0.2) is 9.69 Å². The van der Waals surface area contributed by atoms with Crippen molar-refractivity contribution in [2.45, 2.75) is 13.8 Å². The van der Waals surface area contributed by atoms with Gasteiger partial charge in [0.2, 0.25) is 0 Å². The molecule has 4 rings (SSSR count). The van der Waals surface area contributed by atoms with Gasteiger partial charge in [0.05, 0.1) is 11.7 Å². The first-order chi connectivity index (χ1) is 15.2. The average Bonchev–Trinajstić information content (AvgIpc) is 3.19. The number of aryl methyl sites for hydroxylation is 2. The smallest absolute Gasteiger partial charge is 0.335 e. The Morgan fingerprint density at radius 1 is 1.00 bits per heavy atom. The topological polar surface area (TPSA) is 120 Å². The van der Waals surface area contributed by atoms with Crippen LogP contribution in [0.2, 0.25) is 0 Å². The van der Waals surface area contributed by atoms with Gasteiger partial charge in [-0.1, -0.05) is 24.3 Å². The Morgan fingerprint density at radius 3 is 2.41 bits per heavy atom. The van der Waals surface area contributed by atoms with Crippen LogP contribution < -0.4 is 15.3 Å². The molecule has 1 saturated heterocycles. The zero-order valence-electron chi connectivity index (χ0n) is 17.2. The summed E-state index contributed by atoms with van der Waals surface area (Å²) in [5, 5.41) is 13.2. The zero-order valence-corrected chi connectivity index (χ0v) is 17.2. The number of barbiturate groups is 1. The van der Waals surface area contributed by atoms with E-state index in [4.69, 9.17) is 4.42 Å². The van der Waals surface area contributed by atoms with E-state index in [1.165, 1.54) is 24.3 Å². The van der Waals surface area contributed by atoms with E-state index in [0.29, 0.717) is 17.0 Å². The number of anilines is 1. The molecule has 32 heavy (non-hydrogen) atoms. The van der Waals surface area contributed by atoms with Crippen molar-refractivity contribution in [2.75, 3.05) is 4.90 Å². The Kier molecular flexibility index (Phi) is 5.19. The fourth-order valence-corrected chi connectivity index (χ4v) is 3.50. The average molecular weight is 429 g/mol. The number of nitrogens with one attached hydrogen (secondary N) is 1. The van der Waals surface area contributed by atoms with Gasteiger partial charge in [-0.3, -0.25) is 14.9 Å². The highest BCUT2D eigenvalue weighted by molar-refractivity contribution is 6.39. The molecule has 0 atom stereocenters. The highest BCUT2D eigenvalue weighted by Crippen LogP contribution is 2.27. The largest absolute Gasteiger partial charge is 0.545 e. The van der Waals surface area contributed by atoms with Crippen LogP contribution in [0.1, 0.15) is 27.2 Å². The molecule has 1 fully saturated rings. The molecule has 8 nitrogen and oxygen atoms in total. The second-order valence-corrected chi connectivity index (χ2v) is 7.37. The number of hydrogen-bond donors (Lipinski definition) is 1. The molecule has 2 aromatic carbocycles. The van der Waals surface area contributed by atoms with Gasteiger partial charge < -0.3 is 14.3 Å². The third kappa shape index (κ3) is 3.93. The maximum atomic E-state index is 13.0.